The standard InChI is InChI=1S/C30H44N8O3/c1-19(22-14-9-15-22)33-27-24(32-18-21-10-5-3-6-11-21)28(36-29(35-27)26(31)34-30(39)40)37-38-16-17-41-20(2)25(38)23-12-7-4-8-13-23/h4,7-8,12-13,19-22,25,32H,3,5-6,9-11,14-18H2,1-2H3,(H2,31,34)(H,39,40)(H2,33,35,36,37)/t19-,20-,25+/m1/s1. The lowest BCUT2D eigenvalue weighted by atomic mass is 9.80. The van der Waals surface area contributed by atoms with E-state index in [4.69, 9.17) is 20.1 Å². The average molecular weight is 565 g/mol. The van der Waals surface area contributed by atoms with E-state index in [2.05, 4.69) is 52.4 Å². The van der Waals surface area contributed by atoms with Gasteiger partial charge in [-0.1, -0.05) is 56.0 Å². The Bertz CT molecular complexity index is 1190. The summed E-state index contributed by atoms with van der Waals surface area (Å²) in [6.45, 7) is 6.21. The number of morpholine rings is 1. The number of hydrazine groups is 1. The summed E-state index contributed by atoms with van der Waals surface area (Å²) >= 11 is 0. The second-order valence-electron chi connectivity index (χ2n) is 11.7. The molecule has 1 aromatic carbocycles. The summed E-state index contributed by atoms with van der Waals surface area (Å²) in [5.41, 5.74) is 5.43. The van der Waals surface area contributed by atoms with Gasteiger partial charge >= 0.3 is 6.09 Å². The van der Waals surface area contributed by atoms with Gasteiger partial charge in [0, 0.05) is 19.1 Å². The maximum absolute atomic E-state index is 11.4. The molecule has 0 radical (unpaired) electrons. The lowest BCUT2D eigenvalue weighted by Gasteiger charge is -2.40. The number of carboxylic acid groups (broad SMARTS) is 1. The van der Waals surface area contributed by atoms with Gasteiger partial charge in [0.2, 0.25) is 0 Å². The highest BCUT2D eigenvalue weighted by molar-refractivity contribution is 6.02. The van der Waals surface area contributed by atoms with Gasteiger partial charge in [-0.3, -0.25) is 10.7 Å². The van der Waals surface area contributed by atoms with Crippen LogP contribution >= 0.6 is 0 Å². The summed E-state index contributed by atoms with van der Waals surface area (Å²) in [4.78, 5) is 20.8. The van der Waals surface area contributed by atoms with E-state index < -0.39 is 6.09 Å². The van der Waals surface area contributed by atoms with E-state index in [0.29, 0.717) is 36.6 Å². The maximum Gasteiger partial charge on any atom is 0.410 e. The lowest BCUT2D eigenvalue weighted by molar-refractivity contribution is -0.0534. The van der Waals surface area contributed by atoms with Crippen molar-refractivity contribution in [2.24, 2.45) is 11.8 Å². The Morgan fingerprint density at radius 3 is 2.51 bits per heavy atom. The molecule has 3 fully saturated rings. The Morgan fingerprint density at radius 2 is 1.83 bits per heavy atom. The number of carbonyl (C=O) groups is 1. The minimum atomic E-state index is -1.32. The van der Waals surface area contributed by atoms with Crippen molar-refractivity contribution in [3.8, 4) is 0 Å². The molecule has 222 valence electrons. The van der Waals surface area contributed by atoms with E-state index in [0.717, 1.165) is 17.8 Å². The smallest absolute Gasteiger partial charge is 0.410 e. The normalized spacial score (nSPS) is 22.8. The van der Waals surface area contributed by atoms with Crippen LogP contribution < -0.4 is 21.4 Å². The van der Waals surface area contributed by atoms with Crippen LogP contribution in [0.4, 0.5) is 22.1 Å². The number of amides is 1. The first kappa shape index (κ1) is 29.1. The molecule has 11 nitrogen and oxygen atoms in total. The molecule has 0 unspecified atom stereocenters. The van der Waals surface area contributed by atoms with Crippen LogP contribution in [0.25, 0.3) is 0 Å². The van der Waals surface area contributed by atoms with E-state index in [1.807, 2.05) is 18.2 Å². The third kappa shape index (κ3) is 7.26. The van der Waals surface area contributed by atoms with Crippen LogP contribution in [0.2, 0.25) is 0 Å². The monoisotopic (exact) mass is 564 g/mol. The van der Waals surface area contributed by atoms with E-state index in [9.17, 15) is 9.90 Å². The van der Waals surface area contributed by atoms with Crippen LogP contribution in [0.3, 0.4) is 0 Å². The van der Waals surface area contributed by atoms with Crippen molar-refractivity contribution in [1.82, 2.24) is 20.3 Å². The fourth-order valence-electron chi connectivity index (χ4n) is 6.18. The molecule has 0 spiro atoms. The van der Waals surface area contributed by atoms with Crippen LogP contribution in [-0.4, -0.2) is 63.9 Å². The highest BCUT2D eigenvalue weighted by Gasteiger charge is 2.33. The summed E-state index contributed by atoms with van der Waals surface area (Å²) in [5.74, 6) is 1.87. The van der Waals surface area contributed by atoms with E-state index >= 15 is 0 Å². The van der Waals surface area contributed by atoms with Crippen molar-refractivity contribution < 1.29 is 14.6 Å². The molecule has 2 aromatic rings. The van der Waals surface area contributed by atoms with E-state index in [1.165, 1.54) is 51.4 Å². The van der Waals surface area contributed by atoms with Gasteiger partial charge in [-0.2, -0.15) is 0 Å². The van der Waals surface area contributed by atoms with Crippen molar-refractivity contribution in [2.45, 2.75) is 83.4 Å². The van der Waals surface area contributed by atoms with Crippen molar-refractivity contribution in [3.63, 3.8) is 0 Å². The zero-order chi connectivity index (χ0) is 28.8. The fourth-order valence-corrected chi connectivity index (χ4v) is 6.18. The number of anilines is 3. The summed E-state index contributed by atoms with van der Waals surface area (Å²) in [6.07, 6.45) is 8.36. The van der Waals surface area contributed by atoms with Gasteiger partial charge in [0.25, 0.3) is 0 Å². The summed E-state index contributed by atoms with van der Waals surface area (Å²) < 4.78 is 6.05. The second kappa shape index (κ2) is 13.5. The van der Waals surface area contributed by atoms with Crippen molar-refractivity contribution in [2.75, 3.05) is 35.8 Å². The highest BCUT2D eigenvalue weighted by Crippen LogP contribution is 2.37. The zero-order valence-corrected chi connectivity index (χ0v) is 24.2. The van der Waals surface area contributed by atoms with Crippen LogP contribution in [0, 0.1) is 17.2 Å². The number of rotatable bonds is 10. The van der Waals surface area contributed by atoms with Crippen molar-refractivity contribution in [3.05, 3.63) is 41.7 Å². The molecule has 6 N–H and O–H groups in total. The summed E-state index contributed by atoms with van der Waals surface area (Å²) in [6, 6.07) is 10.3. The first-order valence-electron chi connectivity index (χ1n) is 15.1. The van der Waals surface area contributed by atoms with Crippen molar-refractivity contribution in [1.29, 1.82) is 5.41 Å². The number of hydrogen-bond donors (Lipinski definition) is 6. The Hall–Kier alpha value is -3.44. The van der Waals surface area contributed by atoms with Gasteiger partial charge in [-0.15, -0.1) is 0 Å². The number of nitrogens with one attached hydrogen (secondary N) is 5. The molecule has 41 heavy (non-hydrogen) atoms. The van der Waals surface area contributed by atoms with E-state index in [1.54, 1.807) is 0 Å². The first-order chi connectivity index (χ1) is 19.9. The number of benzene rings is 1. The minimum Gasteiger partial charge on any atom is -0.465 e. The number of amidine groups is 1. The number of nitrogens with zero attached hydrogens (tertiary/aromatic N) is 3. The van der Waals surface area contributed by atoms with Gasteiger partial charge in [0.05, 0.1) is 18.8 Å². The van der Waals surface area contributed by atoms with Crippen LogP contribution in [-0.2, 0) is 4.74 Å². The van der Waals surface area contributed by atoms with Gasteiger partial charge in [-0.25, -0.2) is 19.8 Å². The molecule has 2 saturated carbocycles. The van der Waals surface area contributed by atoms with Gasteiger partial charge in [0.1, 0.15) is 5.69 Å². The second-order valence-corrected chi connectivity index (χ2v) is 11.7. The molecule has 3 aliphatic rings. The Morgan fingerprint density at radius 1 is 1.10 bits per heavy atom. The van der Waals surface area contributed by atoms with Gasteiger partial charge < -0.3 is 25.9 Å². The molecule has 1 amide bonds. The lowest BCUT2D eigenvalue weighted by Crippen LogP contribution is -2.47. The molecule has 1 aromatic heterocycles. The van der Waals surface area contributed by atoms with Gasteiger partial charge in [-0.05, 0) is 56.9 Å². The highest BCUT2D eigenvalue weighted by atomic mass is 16.5. The molecule has 1 aliphatic heterocycles. The molecule has 11 heteroatoms. The fraction of sp³-hybridized carbons (Fsp3) is 0.600. The third-order valence-electron chi connectivity index (χ3n) is 8.76. The molecule has 1 saturated heterocycles. The molecular formula is C30H44N8O3. The molecule has 2 aliphatic carbocycles. The first-order valence-corrected chi connectivity index (χ1v) is 15.1. The Balaban J connectivity index is 1.52. The van der Waals surface area contributed by atoms with E-state index in [-0.39, 0.29) is 29.8 Å². The largest absolute Gasteiger partial charge is 0.465 e. The number of hydrogen-bond acceptors (Lipinski definition) is 9. The maximum atomic E-state index is 11.4. The predicted molar refractivity (Wildman–Crippen MR) is 160 cm³/mol. The van der Waals surface area contributed by atoms with Gasteiger partial charge in [0.15, 0.2) is 23.3 Å². The molecule has 0 bridgehead atoms. The predicted octanol–water partition coefficient (Wildman–Crippen LogP) is 5.45. The molecule has 5 rings (SSSR count). The molecule has 3 atom stereocenters. The quantitative estimate of drug-likeness (QED) is 0.164. The summed E-state index contributed by atoms with van der Waals surface area (Å²) in [7, 11) is 0. The average Bonchev–Trinajstić information content (AvgIpc) is 2.92. The zero-order valence-electron chi connectivity index (χ0n) is 24.2. The van der Waals surface area contributed by atoms with Crippen LogP contribution in [0.5, 0.6) is 0 Å². The summed E-state index contributed by atoms with van der Waals surface area (Å²) in [5, 5.41) is 29.3. The Labute approximate surface area is 242 Å². The van der Waals surface area contributed by atoms with Crippen LogP contribution in [0.1, 0.15) is 82.6 Å². The molecular weight excluding hydrogens is 520 g/mol. The number of ether oxygens (including phenoxy) is 1. The minimum absolute atomic E-state index is 0.0130. The topological polar surface area (TPSA) is 148 Å². The SMILES string of the molecule is C[C@@H](Nc1nc(C(=N)NC(=O)O)nc(NN2CCO[C@H](C)[C@H]2c2ccccc2)c1NCC1CCCCC1)C1CCC1. The third-order valence-corrected chi connectivity index (χ3v) is 8.76. The Kier molecular flexibility index (Phi) is 9.56. The number of aromatic nitrogens is 2. The van der Waals surface area contributed by atoms with Crippen LogP contribution in [0.15, 0.2) is 30.3 Å². The van der Waals surface area contributed by atoms with Crippen molar-refractivity contribution >= 4 is 29.3 Å². The molecule has 2 heterocycles.